The SMILES string of the molecule is CS(=O)(=O)N1CCCC(CC(N)c2cccc(F)c2F)C1. The van der Waals surface area contributed by atoms with Crippen LogP contribution in [0.2, 0.25) is 0 Å². The van der Waals surface area contributed by atoms with Gasteiger partial charge in [0.1, 0.15) is 0 Å². The molecule has 1 fully saturated rings. The van der Waals surface area contributed by atoms with Gasteiger partial charge < -0.3 is 5.73 Å². The molecule has 1 aliphatic rings. The van der Waals surface area contributed by atoms with Crippen LogP contribution in [0.3, 0.4) is 0 Å². The Bertz CT molecular complexity index is 607. The quantitative estimate of drug-likeness (QED) is 0.924. The van der Waals surface area contributed by atoms with Crippen LogP contribution in [-0.4, -0.2) is 32.1 Å². The molecule has 2 rings (SSSR count). The van der Waals surface area contributed by atoms with Crippen LogP contribution < -0.4 is 5.73 Å². The number of benzene rings is 1. The van der Waals surface area contributed by atoms with E-state index in [1.165, 1.54) is 22.7 Å². The van der Waals surface area contributed by atoms with Gasteiger partial charge in [-0.25, -0.2) is 21.5 Å². The maximum Gasteiger partial charge on any atom is 0.211 e. The first-order valence-electron chi connectivity index (χ1n) is 6.93. The fourth-order valence-corrected chi connectivity index (χ4v) is 3.76. The maximum absolute atomic E-state index is 13.7. The van der Waals surface area contributed by atoms with Crippen LogP contribution in [0.1, 0.15) is 30.9 Å². The third-order valence-electron chi connectivity index (χ3n) is 3.92. The maximum atomic E-state index is 13.7. The second kappa shape index (κ2) is 6.37. The number of halogens is 2. The monoisotopic (exact) mass is 318 g/mol. The Labute approximate surface area is 124 Å². The zero-order valence-corrected chi connectivity index (χ0v) is 12.7. The van der Waals surface area contributed by atoms with Crippen molar-refractivity contribution in [1.82, 2.24) is 4.31 Å². The number of rotatable bonds is 4. The average Bonchev–Trinajstić information content (AvgIpc) is 2.41. The van der Waals surface area contributed by atoms with Gasteiger partial charge in [0.05, 0.1) is 6.26 Å². The highest BCUT2D eigenvalue weighted by atomic mass is 32.2. The van der Waals surface area contributed by atoms with Crippen LogP contribution >= 0.6 is 0 Å². The van der Waals surface area contributed by atoms with Crippen LogP contribution in [0.5, 0.6) is 0 Å². The molecule has 0 bridgehead atoms. The standard InChI is InChI=1S/C14H20F2N2O2S/c1-21(19,20)18-7-3-4-10(9-18)8-13(17)11-5-2-6-12(15)14(11)16/h2,5-6,10,13H,3-4,7-9,17H2,1H3. The van der Waals surface area contributed by atoms with E-state index in [1.54, 1.807) is 0 Å². The predicted molar refractivity (Wildman–Crippen MR) is 77.0 cm³/mol. The summed E-state index contributed by atoms with van der Waals surface area (Å²) in [5.41, 5.74) is 6.12. The second-order valence-corrected chi connectivity index (χ2v) is 7.60. The van der Waals surface area contributed by atoms with Crippen LogP contribution in [0, 0.1) is 17.6 Å². The van der Waals surface area contributed by atoms with Gasteiger partial charge in [-0.15, -0.1) is 0 Å². The zero-order chi connectivity index (χ0) is 15.6. The van der Waals surface area contributed by atoms with Crippen molar-refractivity contribution in [3.63, 3.8) is 0 Å². The fourth-order valence-electron chi connectivity index (χ4n) is 2.81. The minimum absolute atomic E-state index is 0.0612. The number of piperidine rings is 1. The molecule has 21 heavy (non-hydrogen) atoms. The van der Waals surface area contributed by atoms with Crippen molar-refractivity contribution in [3.8, 4) is 0 Å². The Morgan fingerprint density at radius 3 is 2.81 bits per heavy atom. The van der Waals surface area contributed by atoms with Gasteiger partial charge in [0.2, 0.25) is 10.0 Å². The van der Waals surface area contributed by atoms with E-state index >= 15 is 0 Å². The first kappa shape index (κ1) is 16.3. The molecule has 0 aliphatic carbocycles. The van der Waals surface area contributed by atoms with Crippen molar-refractivity contribution in [3.05, 3.63) is 35.4 Å². The van der Waals surface area contributed by atoms with Crippen molar-refractivity contribution in [2.75, 3.05) is 19.3 Å². The van der Waals surface area contributed by atoms with Crippen molar-refractivity contribution in [1.29, 1.82) is 0 Å². The highest BCUT2D eigenvalue weighted by Crippen LogP contribution is 2.28. The molecule has 0 radical (unpaired) electrons. The van der Waals surface area contributed by atoms with E-state index in [9.17, 15) is 17.2 Å². The molecule has 0 spiro atoms. The lowest BCUT2D eigenvalue weighted by atomic mass is 9.90. The molecule has 1 aromatic rings. The largest absolute Gasteiger partial charge is 0.324 e. The predicted octanol–water partition coefficient (Wildman–Crippen LogP) is 2.03. The summed E-state index contributed by atoms with van der Waals surface area (Å²) in [4.78, 5) is 0. The highest BCUT2D eigenvalue weighted by molar-refractivity contribution is 7.88. The number of hydrogen-bond acceptors (Lipinski definition) is 3. The molecule has 7 heteroatoms. The van der Waals surface area contributed by atoms with Gasteiger partial charge in [-0.05, 0) is 31.2 Å². The summed E-state index contributed by atoms with van der Waals surface area (Å²) in [5, 5.41) is 0. The van der Waals surface area contributed by atoms with Crippen molar-refractivity contribution in [2.45, 2.75) is 25.3 Å². The lowest BCUT2D eigenvalue weighted by Crippen LogP contribution is -2.40. The Hall–Kier alpha value is -1.05. The molecule has 2 atom stereocenters. The minimum atomic E-state index is -3.22. The summed E-state index contributed by atoms with van der Waals surface area (Å²) < 4.78 is 51.5. The molecule has 2 unspecified atom stereocenters. The van der Waals surface area contributed by atoms with Crippen LogP contribution in [0.25, 0.3) is 0 Å². The molecule has 1 aliphatic heterocycles. The number of nitrogens with two attached hydrogens (primary N) is 1. The van der Waals surface area contributed by atoms with Gasteiger partial charge in [0.25, 0.3) is 0 Å². The molecule has 2 N–H and O–H groups in total. The van der Waals surface area contributed by atoms with Gasteiger partial charge in [0.15, 0.2) is 11.6 Å². The molecule has 0 saturated carbocycles. The van der Waals surface area contributed by atoms with E-state index < -0.39 is 27.7 Å². The number of sulfonamides is 1. The molecular weight excluding hydrogens is 298 g/mol. The van der Waals surface area contributed by atoms with Gasteiger partial charge >= 0.3 is 0 Å². The van der Waals surface area contributed by atoms with Crippen molar-refractivity contribution in [2.24, 2.45) is 11.7 Å². The van der Waals surface area contributed by atoms with Gasteiger partial charge in [-0.1, -0.05) is 12.1 Å². The first-order valence-corrected chi connectivity index (χ1v) is 8.78. The first-order chi connectivity index (χ1) is 9.79. The van der Waals surface area contributed by atoms with Crippen LogP contribution in [0.15, 0.2) is 18.2 Å². The Morgan fingerprint density at radius 1 is 1.43 bits per heavy atom. The van der Waals surface area contributed by atoms with E-state index in [1.807, 2.05) is 0 Å². The van der Waals surface area contributed by atoms with Gasteiger partial charge in [0, 0.05) is 24.7 Å². The molecular formula is C14H20F2N2O2S. The third kappa shape index (κ3) is 3.99. The summed E-state index contributed by atoms with van der Waals surface area (Å²) in [6.07, 6.45) is 3.22. The minimum Gasteiger partial charge on any atom is -0.324 e. The molecule has 4 nitrogen and oxygen atoms in total. The summed E-state index contributed by atoms with van der Waals surface area (Å²) in [6, 6.07) is 3.32. The molecule has 0 amide bonds. The van der Waals surface area contributed by atoms with E-state index in [0.717, 1.165) is 18.9 Å². The van der Waals surface area contributed by atoms with E-state index in [2.05, 4.69) is 0 Å². The summed E-state index contributed by atoms with van der Waals surface area (Å²) in [6.45, 7) is 0.905. The number of hydrogen-bond donors (Lipinski definition) is 1. The molecule has 1 aromatic carbocycles. The molecule has 1 saturated heterocycles. The van der Waals surface area contributed by atoms with Crippen LogP contribution in [-0.2, 0) is 10.0 Å². The van der Waals surface area contributed by atoms with E-state index in [0.29, 0.717) is 19.5 Å². The lowest BCUT2D eigenvalue weighted by Gasteiger charge is -2.32. The van der Waals surface area contributed by atoms with E-state index in [-0.39, 0.29) is 11.5 Å². The van der Waals surface area contributed by atoms with Gasteiger partial charge in [-0.3, -0.25) is 0 Å². The summed E-state index contributed by atoms with van der Waals surface area (Å²) >= 11 is 0. The van der Waals surface area contributed by atoms with Crippen molar-refractivity contribution < 1.29 is 17.2 Å². The molecule has 118 valence electrons. The third-order valence-corrected chi connectivity index (χ3v) is 5.19. The zero-order valence-electron chi connectivity index (χ0n) is 11.9. The molecule has 1 heterocycles. The smallest absolute Gasteiger partial charge is 0.211 e. The van der Waals surface area contributed by atoms with E-state index in [4.69, 9.17) is 5.73 Å². The molecule has 0 aromatic heterocycles. The topological polar surface area (TPSA) is 63.4 Å². The highest BCUT2D eigenvalue weighted by Gasteiger charge is 2.28. The average molecular weight is 318 g/mol. The van der Waals surface area contributed by atoms with Gasteiger partial charge in [-0.2, -0.15) is 0 Å². The van der Waals surface area contributed by atoms with Crippen LogP contribution in [0.4, 0.5) is 8.78 Å². The van der Waals surface area contributed by atoms with Crippen molar-refractivity contribution >= 4 is 10.0 Å². The Morgan fingerprint density at radius 2 is 2.14 bits per heavy atom. The lowest BCUT2D eigenvalue weighted by molar-refractivity contribution is 0.246. The normalized spacial score (nSPS) is 22.2. The number of nitrogens with zero attached hydrogens (tertiary/aromatic N) is 1. The Kier molecular flexibility index (Phi) is 4.95. The summed E-state index contributed by atoms with van der Waals surface area (Å²) in [7, 11) is -3.22. The fraction of sp³-hybridized carbons (Fsp3) is 0.571. The Balaban J connectivity index is 2.06. The summed E-state index contributed by atoms with van der Waals surface area (Å²) in [5.74, 6) is -1.77. The second-order valence-electron chi connectivity index (χ2n) is 5.61.